The summed E-state index contributed by atoms with van der Waals surface area (Å²) in [6.45, 7) is 2.04. The van der Waals surface area contributed by atoms with Crippen LogP contribution in [0.2, 0.25) is 5.02 Å². The molecule has 0 aliphatic heterocycles. The van der Waals surface area contributed by atoms with Gasteiger partial charge in [0.1, 0.15) is 0 Å². The summed E-state index contributed by atoms with van der Waals surface area (Å²) >= 11 is 5.92. The molecule has 0 saturated heterocycles. The molecule has 0 fully saturated rings. The number of aryl methyl sites for hydroxylation is 1. The summed E-state index contributed by atoms with van der Waals surface area (Å²) in [6.07, 6.45) is 0. The fraction of sp³-hybridized carbons (Fsp3) is 0.0435. The third-order valence-corrected chi connectivity index (χ3v) is 4.63. The third-order valence-electron chi connectivity index (χ3n) is 4.38. The zero-order valence-electron chi connectivity index (χ0n) is 14.7. The highest BCUT2D eigenvalue weighted by molar-refractivity contribution is 6.30. The minimum atomic E-state index is -0.176. The standard InChI is InChI=1S/C23H17ClN2O/c1-15-5-4-6-16(13-15)22-14-20(19-7-2-3-8-21(19)26-22)23(27)25-18-11-9-17(24)10-12-18/h2-14H,1H3,(H,25,27). The van der Waals surface area contributed by atoms with E-state index in [2.05, 4.69) is 11.4 Å². The van der Waals surface area contributed by atoms with E-state index in [1.807, 2.05) is 55.5 Å². The first kappa shape index (κ1) is 17.3. The quantitative estimate of drug-likeness (QED) is 0.471. The maximum atomic E-state index is 13.0. The van der Waals surface area contributed by atoms with Crippen LogP contribution < -0.4 is 5.32 Å². The van der Waals surface area contributed by atoms with Crippen molar-refractivity contribution in [1.29, 1.82) is 0 Å². The molecule has 1 aromatic heterocycles. The van der Waals surface area contributed by atoms with Crippen molar-refractivity contribution in [2.75, 3.05) is 5.32 Å². The molecule has 0 unspecified atom stereocenters. The molecule has 3 nitrogen and oxygen atoms in total. The van der Waals surface area contributed by atoms with Crippen LogP contribution in [0.1, 0.15) is 15.9 Å². The maximum Gasteiger partial charge on any atom is 0.256 e. The van der Waals surface area contributed by atoms with Crippen molar-refractivity contribution in [3.8, 4) is 11.3 Å². The van der Waals surface area contributed by atoms with Crippen LogP contribution >= 0.6 is 11.6 Å². The lowest BCUT2D eigenvalue weighted by Gasteiger charge is -2.11. The Kier molecular flexibility index (Phi) is 4.61. The Labute approximate surface area is 162 Å². The SMILES string of the molecule is Cc1cccc(-c2cc(C(=O)Nc3ccc(Cl)cc3)c3ccccc3n2)c1. The predicted octanol–water partition coefficient (Wildman–Crippen LogP) is 6.12. The average Bonchev–Trinajstić information content (AvgIpc) is 2.69. The number of aromatic nitrogens is 1. The van der Waals surface area contributed by atoms with Gasteiger partial charge in [0, 0.05) is 21.7 Å². The largest absolute Gasteiger partial charge is 0.322 e. The molecule has 0 aliphatic rings. The van der Waals surface area contributed by atoms with Crippen molar-refractivity contribution >= 4 is 34.1 Å². The van der Waals surface area contributed by atoms with Crippen LogP contribution in [0.25, 0.3) is 22.2 Å². The Hall–Kier alpha value is -3.17. The molecule has 3 aromatic carbocycles. The summed E-state index contributed by atoms with van der Waals surface area (Å²) in [6, 6.07) is 24.7. The van der Waals surface area contributed by atoms with E-state index in [0.29, 0.717) is 16.3 Å². The average molecular weight is 373 g/mol. The number of pyridine rings is 1. The van der Waals surface area contributed by atoms with Gasteiger partial charge in [-0.1, -0.05) is 53.6 Å². The van der Waals surface area contributed by atoms with E-state index in [4.69, 9.17) is 16.6 Å². The maximum absolute atomic E-state index is 13.0. The summed E-state index contributed by atoms with van der Waals surface area (Å²) in [5, 5.41) is 4.39. The molecule has 0 aliphatic carbocycles. The van der Waals surface area contributed by atoms with E-state index in [1.54, 1.807) is 24.3 Å². The lowest BCUT2D eigenvalue weighted by atomic mass is 10.0. The number of halogens is 1. The number of hydrogen-bond donors (Lipinski definition) is 1. The van der Waals surface area contributed by atoms with E-state index in [9.17, 15) is 4.79 Å². The van der Waals surface area contributed by atoms with Gasteiger partial charge in [-0.2, -0.15) is 0 Å². The normalized spacial score (nSPS) is 10.7. The fourth-order valence-electron chi connectivity index (χ4n) is 3.05. The van der Waals surface area contributed by atoms with Crippen molar-refractivity contribution in [3.05, 3.63) is 95.0 Å². The predicted molar refractivity (Wildman–Crippen MR) is 111 cm³/mol. The van der Waals surface area contributed by atoms with Gasteiger partial charge >= 0.3 is 0 Å². The smallest absolute Gasteiger partial charge is 0.256 e. The van der Waals surface area contributed by atoms with E-state index in [0.717, 1.165) is 27.7 Å². The van der Waals surface area contributed by atoms with E-state index in [1.165, 1.54) is 0 Å². The number of nitrogens with zero attached hydrogens (tertiary/aromatic N) is 1. The second kappa shape index (κ2) is 7.22. The third kappa shape index (κ3) is 3.69. The number of fused-ring (bicyclic) bond motifs is 1. The van der Waals surface area contributed by atoms with Crippen LogP contribution in [0.4, 0.5) is 5.69 Å². The van der Waals surface area contributed by atoms with Crippen molar-refractivity contribution in [1.82, 2.24) is 4.98 Å². The number of benzene rings is 3. The summed E-state index contributed by atoms with van der Waals surface area (Å²) < 4.78 is 0. The first-order valence-electron chi connectivity index (χ1n) is 8.64. The fourth-order valence-corrected chi connectivity index (χ4v) is 3.17. The summed E-state index contributed by atoms with van der Waals surface area (Å²) in [4.78, 5) is 17.7. The molecule has 0 bridgehead atoms. The molecule has 1 heterocycles. The highest BCUT2D eigenvalue weighted by Gasteiger charge is 2.14. The Morgan fingerprint density at radius 2 is 1.70 bits per heavy atom. The summed E-state index contributed by atoms with van der Waals surface area (Å²) in [5.41, 5.74) is 4.99. The molecule has 1 amide bonds. The Balaban J connectivity index is 1.80. The van der Waals surface area contributed by atoms with E-state index in [-0.39, 0.29) is 5.91 Å². The molecular weight excluding hydrogens is 356 g/mol. The highest BCUT2D eigenvalue weighted by atomic mass is 35.5. The van der Waals surface area contributed by atoms with Crippen molar-refractivity contribution in [2.45, 2.75) is 6.92 Å². The van der Waals surface area contributed by atoms with E-state index < -0.39 is 0 Å². The monoisotopic (exact) mass is 372 g/mol. The van der Waals surface area contributed by atoms with Crippen LogP contribution in [0.15, 0.2) is 78.9 Å². The van der Waals surface area contributed by atoms with Crippen molar-refractivity contribution < 1.29 is 4.79 Å². The zero-order valence-corrected chi connectivity index (χ0v) is 15.5. The van der Waals surface area contributed by atoms with Crippen LogP contribution in [0.5, 0.6) is 0 Å². The molecule has 0 spiro atoms. The Morgan fingerprint density at radius 3 is 2.48 bits per heavy atom. The van der Waals surface area contributed by atoms with Gasteiger partial charge < -0.3 is 5.32 Å². The van der Waals surface area contributed by atoms with Gasteiger partial charge in [0.2, 0.25) is 0 Å². The first-order chi connectivity index (χ1) is 13.1. The van der Waals surface area contributed by atoms with Crippen LogP contribution in [0, 0.1) is 6.92 Å². The summed E-state index contributed by atoms with van der Waals surface area (Å²) in [5.74, 6) is -0.176. The van der Waals surface area contributed by atoms with Gasteiger partial charge in [0.05, 0.1) is 16.8 Å². The number of amides is 1. The molecule has 132 valence electrons. The molecule has 0 saturated carbocycles. The van der Waals surface area contributed by atoms with Gasteiger partial charge in [0.25, 0.3) is 5.91 Å². The molecule has 27 heavy (non-hydrogen) atoms. The number of carbonyl (C=O) groups is 1. The lowest BCUT2D eigenvalue weighted by Crippen LogP contribution is -2.13. The minimum absolute atomic E-state index is 0.176. The van der Waals surface area contributed by atoms with Crippen LogP contribution in [-0.2, 0) is 0 Å². The van der Waals surface area contributed by atoms with Gasteiger partial charge in [-0.3, -0.25) is 4.79 Å². The number of anilines is 1. The molecule has 4 rings (SSSR count). The Morgan fingerprint density at radius 1 is 0.926 bits per heavy atom. The topological polar surface area (TPSA) is 42.0 Å². The molecular formula is C23H17ClN2O. The molecule has 0 atom stereocenters. The first-order valence-corrected chi connectivity index (χ1v) is 9.02. The molecule has 0 radical (unpaired) electrons. The highest BCUT2D eigenvalue weighted by Crippen LogP contribution is 2.26. The van der Waals surface area contributed by atoms with Crippen LogP contribution in [0.3, 0.4) is 0 Å². The number of hydrogen-bond acceptors (Lipinski definition) is 2. The van der Waals surface area contributed by atoms with E-state index >= 15 is 0 Å². The molecule has 4 heteroatoms. The van der Waals surface area contributed by atoms with Gasteiger partial charge in [-0.25, -0.2) is 4.98 Å². The number of rotatable bonds is 3. The minimum Gasteiger partial charge on any atom is -0.322 e. The number of nitrogens with one attached hydrogen (secondary N) is 1. The second-order valence-corrected chi connectivity index (χ2v) is 6.84. The summed E-state index contributed by atoms with van der Waals surface area (Å²) in [7, 11) is 0. The van der Waals surface area contributed by atoms with Crippen LogP contribution in [-0.4, -0.2) is 10.9 Å². The van der Waals surface area contributed by atoms with Crippen molar-refractivity contribution in [3.63, 3.8) is 0 Å². The lowest BCUT2D eigenvalue weighted by molar-refractivity contribution is 0.102. The number of para-hydroxylation sites is 1. The van der Waals surface area contributed by atoms with Gasteiger partial charge in [-0.05, 0) is 49.4 Å². The molecule has 4 aromatic rings. The Bertz CT molecular complexity index is 1140. The van der Waals surface area contributed by atoms with Gasteiger partial charge in [-0.15, -0.1) is 0 Å². The van der Waals surface area contributed by atoms with Crippen molar-refractivity contribution in [2.24, 2.45) is 0 Å². The van der Waals surface area contributed by atoms with Gasteiger partial charge in [0.15, 0.2) is 0 Å². The zero-order chi connectivity index (χ0) is 18.8. The number of carbonyl (C=O) groups excluding carboxylic acids is 1. The molecule has 1 N–H and O–H groups in total. The second-order valence-electron chi connectivity index (χ2n) is 6.40.